The summed E-state index contributed by atoms with van der Waals surface area (Å²) >= 11 is 1.19. The van der Waals surface area contributed by atoms with E-state index < -0.39 is 5.56 Å². The predicted octanol–water partition coefficient (Wildman–Crippen LogP) is 6.66. The predicted molar refractivity (Wildman–Crippen MR) is 156 cm³/mol. The van der Waals surface area contributed by atoms with Gasteiger partial charge in [0.25, 0.3) is 5.56 Å². The first-order chi connectivity index (χ1) is 18.9. The molecule has 5 aromatic rings. The van der Waals surface area contributed by atoms with Gasteiger partial charge in [-0.05, 0) is 55.3 Å². The lowest BCUT2D eigenvalue weighted by Gasteiger charge is -2.31. The number of aromatic amines is 1. The molecular weight excluding hydrogens is 508 g/mol. The number of aromatic nitrogens is 3. The monoisotopic (exact) mass is 536 g/mol. The molecule has 0 saturated heterocycles. The van der Waals surface area contributed by atoms with Gasteiger partial charge >= 0.3 is 0 Å². The maximum absolute atomic E-state index is 13.4. The Balaban J connectivity index is 1.61. The summed E-state index contributed by atoms with van der Waals surface area (Å²) < 4.78 is 1.66. The summed E-state index contributed by atoms with van der Waals surface area (Å²) in [5.41, 5.74) is 4.28. The molecule has 0 fully saturated rings. The number of anilines is 2. The van der Waals surface area contributed by atoms with Crippen molar-refractivity contribution in [3.63, 3.8) is 0 Å². The van der Waals surface area contributed by atoms with Crippen molar-refractivity contribution in [2.45, 2.75) is 29.7 Å². The van der Waals surface area contributed by atoms with Crippen LogP contribution in [-0.4, -0.2) is 32.2 Å². The van der Waals surface area contributed by atoms with Crippen LogP contribution in [0.1, 0.15) is 24.2 Å². The van der Waals surface area contributed by atoms with Gasteiger partial charge in [0, 0.05) is 35.4 Å². The van der Waals surface area contributed by atoms with Gasteiger partial charge in [0.15, 0.2) is 12.0 Å². The van der Waals surface area contributed by atoms with Crippen LogP contribution in [-0.2, 0) is 7.05 Å². The van der Waals surface area contributed by atoms with E-state index in [1.54, 1.807) is 30.1 Å². The quantitative estimate of drug-likeness (QED) is 0.216. The van der Waals surface area contributed by atoms with Gasteiger partial charge < -0.3 is 15.0 Å². The molecule has 0 radical (unpaired) electrons. The number of hydrogen-bond donors (Lipinski definition) is 2. The van der Waals surface area contributed by atoms with Gasteiger partial charge in [0.05, 0.1) is 5.69 Å². The molecule has 0 aliphatic rings. The number of pyridine rings is 1. The van der Waals surface area contributed by atoms with E-state index in [-0.39, 0.29) is 16.7 Å². The number of nitrogens with one attached hydrogen (secondary N) is 1. The summed E-state index contributed by atoms with van der Waals surface area (Å²) in [4.78, 5) is 30.8. The molecule has 0 aliphatic carbocycles. The van der Waals surface area contributed by atoms with Crippen molar-refractivity contribution in [1.82, 2.24) is 14.8 Å². The fourth-order valence-corrected chi connectivity index (χ4v) is 5.43. The molecule has 0 saturated carbocycles. The van der Waals surface area contributed by atoms with E-state index in [9.17, 15) is 14.7 Å². The number of benzene rings is 3. The number of carbonyl (C=O) groups excluding carboxylic acids is 1. The van der Waals surface area contributed by atoms with Crippen LogP contribution in [0.3, 0.4) is 0 Å². The molecular formula is C31H28N4O3S. The maximum Gasteiger partial charge on any atom is 0.266 e. The molecule has 7 nitrogen and oxygen atoms in total. The summed E-state index contributed by atoms with van der Waals surface area (Å²) in [6.07, 6.45) is 2.64. The Morgan fingerprint density at radius 2 is 1.67 bits per heavy atom. The molecule has 39 heavy (non-hydrogen) atoms. The number of hydrogen-bond acceptors (Lipinski definition) is 6. The molecule has 2 aromatic heterocycles. The highest BCUT2D eigenvalue weighted by Gasteiger charge is 2.27. The highest BCUT2D eigenvalue weighted by Crippen LogP contribution is 2.45. The third-order valence-corrected chi connectivity index (χ3v) is 7.45. The Morgan fingerprint density at radius 3 is 2.31 bits per heavy atom. The Kier molecular flexibility index (Phi) is 7.38. The van der Waals surface area contributed by atoms with Crippen LogP contribution >= 0.6 is 11.8 Å². The normalized spacial score (nSPS) is 11.1. The smallest absolute Gasteiger partial charge is 0.266 e. The maximum atomic E-state index is 13.4. The molecule has 5 rings (SSSR count). The minimum Gasteiger partial charge on any atom is -0.504 e. The molecule has 0 amide bonds. The van der Waals surface area contributed by atoms with Crippen molar-refractivity contribution >= 4 is 29.4 Å². The van der Waals surface area contributed by atoms with E-state index in [0.717, 1.165) is 28.0 Å². The number of carbonyl (C=O) groups is 1. The number of para-hydroxylation sites is 1. The summed E-state index contributed by atoms with van der Waals surface area (Å²) in [5.74, 6) is -0.114. The first kappa shape index (κ1) is 26.1. The van der Waals surface area contributed by atoms with E-state index in [0.29, 0.717) is 22.6 Å². The lowest BCUT2D eigenvalue weighted by atomic mass is 10.0. The molecule has 0 spiro atoms. The Morgan fingerprint density at radius 1 is 0.974 bits per heavy atom. The molecule has 3 aromatic carbocycles. The number of aldehydes is 1. The van der Waals surface area contributed by atoms with Crippen LogP contribution in [0.25, 0.3) is 22.5 Å². The summed E-state index contributed by atoms with van der Waals surface area (Å²) in [6, 6.07) is 26.5. The zero-order valence-corrected chi connectivity index (χ0v) is 22.6. The summed E-state index contributed by atoms with van der Waals surface area (Å²) in [6.45, 7) is 4.06. The SMILES string of the molecule is CC(C)N(c1ccccc1)c1c(-c2ccn(C)n2)[nH]c(=O)c(Sc2ccc(-c3ccccc3C=O)cc2)c1O. The Hall–Kier alpha value is -4.56. The molecule has 2 N–H and O–H groups in total. The zero-order chi connectivity index (χ0) is 27.5. The fourth-order valence-electron chi connectivity index (χ4n) is 4.58. The second-order valence-electron chi connectivity index (χ2n) is 9.36. The van der Waals surface area contributed by atoms with Gasteiger partial charge in [-0.3, -0.25) is 14.3 Å². The van der Waals surface area contributed by atoms with Crippen LogP contribution in [0.5, 0.6) is 5.75 Å². The zero-order valence-electron chi connectivity index (χ0n) is 21.8. The van der Waals surface area contributed by atoms with Gasteiger partial charge in [-0.2, -0.15) is 5.10 Å². The number of aromatic hydroxyl groups is 1. The van der Waals surface area contributed by atoms with Crippen LogP contribution in [0.2, 0.25) is 0 Å². The molecule has 0 unspecified atom stereocenters. The average molecular weight is 537 g/mol. The van der Waals surface area contributed by atoms with Crippen LogP contribution in [0.15, 0.2) is 106 Å². The van der Waals surface area contributed by atoms with Gasteiger partial charge in [0.1, 0.15) is 16.3 Å². The minimum absolute atomic E-state index is 0.0401. The first-order valence-corrected chi connectivity index (χ1v) is 13.3. The van der Waals surface area contributed by atoms with Gasteiger partial charge in [-0.15, -0.1) is 0 Å². The van der Waals surface area contributed by atoms with Crippen molar-refractivity contribution in [3.05, 3.63) is 107 Å². The highest BCUT2D eigenvalue weighted by molar-refractivity contribution is 7.99. The van der Waals surface area contributed by atoms with Crippen LogP contribution < -0.4 is 10.5 Å². The molecule has 2 heterocycles. The van der Waals surface area contributed by atoms with E-state index in [1.807, 2.05) is 91.5 Å². The summed E-state index contributed by atoms with van der Waals surface area (Å²) in [7, 11) is 1.81. The van der Waals surface area contributed by atoms with Crippen LogP contribution in [0, 0.1) is 0 Å². The third-order valence-electron chi connectivity index (χ3n) is 6.36. The molecule has 0 atom stereocenters. The molecule has 0 bridgehead atoms. The van der Waals surface area contributed by atoms with E-state index in [2.05, 4.69) is 10.1 Å². The first-order valence-electron chi connectivity index (χ1n) is 12.5. The number of nitrogens with zero attached hydrogens (tertiary/aromatic N) is 3. The van der Waals surface area contributed by atoms with Crippen molar-refractivity contribution < 1.29 is 9.90 Å². The topological polar surface area (TPSA) is 91.2 Å². The highest BCUT2D eigenvalue weighted by atomic mass is 32.2. The van der Waals surface area contributed by atoms with E-state index in [4.69, 9.17) is 0 Å². The number of aryl methyl sites for hydroxylation is 1. The second-order valence-corrected chi connectivity index (χ2v) is 10.4. The van der Waals surface area contributed by atoms with Crippen molar-refractivity contribution in [2.24, 2.45) is 7.05 Å². The van der Waals surface area contributed by atoms with Gasteiger partial charge in [-0.1, -0.05) is 66.4 Å². The molecule has 8 heteroatoms. The van der Waals surface area contributed by atoms with Crippen molar-refractivity contribution in [2.75, 3.05) is 4.90 Å². The largest absolute Gasteiger partial charge is 0.504 e. The lowest BCUT2D eigenvalue weighted by molar-refractivity contribution is 0.112. The number of H-pyrrole nitrogens is 1. The Bertz CT molecular complexity index is 1670. The van der Waals surface area contributed by atoms with Crippen molar-refractivity contribution in [1.29, 1.82) is 0 Å². The Labute approximate surface area is 230 Å². The average Bonchev–Trinajstić information content (AvgIpc) is 3.39. The summed E-state index contributed by atoms with van der Waals surface area (Å²) in [5, 5.41) is 16.2. The fraction of sp³-hybridized carbons (Fsp3) is 0.129. The van der Waals surface area contributed by atoms with Crippen molar-refractivity contribution in [3.8, 4) is 28.3 Å². The van der Waals surface area contributed by atoms with E-state index in [1.165, 1.54) is 11.8 Å². The second kappa shape index (κ2) is 11.0. The van der Waals surface area contributed by atoms with Crippen LogP contribution in [0.4, 0.5) is 11.4 Å². The van der Waals surface area contributed by atoms with Gasteiger partial charge in [-0.25, -0.2) is 0 Å². The number of rotatable bonds is 8. The minimum atomic E-state index is -0.408. The standard InChI is InChI=1S/C31H28N4O3S/c1-20(2)35(23-10-5-4-6-11-23)28-27(26-17-18-34(3)33-26)32-31(38)30(29(28)37)39-24-15-13-21(14-16-24)25-12-8-7-9-22(25)19-36/h4-20H,1-3H3,(H2,32,37,38). The third kappa shape index (κ3) is 5.24. The van der Waals surface area contributed by atoms with Gasteiger partial charge in [0.2, 0.25) is 0 Å². The van der Waals surface area contributed by atoms with E-state index >= 15 is 0 Å². The molecule has 0 aliphatic heterocycles. The lowest BCUT2D eigenvalue weighted by Crippen LogP contribution is -2.28. The molecule has 196 valence electrons.